The van der Waals surface area contributed by atoms with E-state index in [0.29, 0.717) is 6.54 Å². The Labute approximate surface area is 194 Å². The summed E-state index contributed by atoms with van der Waals surface area (Å²) >= 11 is 0. The average molecular weight is 458 g/mol. The average Bonchev–Trinajstić information content (AvgIpc) is 3.32. The summed E-state index contributed by atoms with van der Waals surface area (Å²) < 4.78 is 5.45. The van der Waals surface area contributed by atoms with Crippen molar-refractivity contribution in [1.29, 1.82) is 0 Å². The second-order valence-corrected chi connectivity index (χ2v) is 7.28. The molecule has 1 aliphatic rings. The van der Waals surface area contributed by atoms with Gasteiger partial charge in [-0.05, 0) is 36.4 Å². The van der Waals surface area contributed by atoms with Gasteiger partial charge in [0.1, 0.15) is 17.3 Å². The van der Waals surface area contributed by atoms with E-state index >= 15 is 0 Å². The van der Waals surface area contributed by atoms with Gasteiger partial charge >= 0.3 is 0 Å². The normalized spacial score (nSPS) is 14.0. The minimum absolute atomic E-state index is 0. The molecule has 6 nitrogen and oxygen atoms in total. The molecule has 0 aliphatic carbocycles. The monoisotopic (exact) mass is 457 g/mol. The highest BCUT2D eigenvalue weighted by molar-refractivity contribution is 5.90. The quantitative estimate of drug-likeness (QED) is 0.451. The van der Waals surface area contributed by atoms with E-state index in [9.17, 15) is 0 Å². The predicted molar refractivity (Wildman–Crippen MR) is 122 cm³/mol. The zero-order chi connectivity index (χ0) is 19.5. The van der Waals surface area contributed by atoms with Gasteiger partial charge in [0.05, 0.1) is 44.5 Å². The van der Waals surface area contributed by atoms with Crippen LogP contribution in [-0.2, 0) is 6.54 Å². The lowest BCUT2D eigenvalue weighted by Crippen LogP contribution is -3.10. The minimum atomic E-state index is 0. The molecule has 1 saturated heterocycles. The molecule has 8 heteroatoms. The van der Waals surface area contributed by atoms with Crippen molar-refractivity contribution in [3.8, 4) is 0 Å². The summed E-state index contributed by atoms with van der Waals surface area (Å²) in [5.41, 5.74) is 2.31. The van der Waals surface area contributed by atoms with Crippen LogP contribution in [0, 0.1) is 0 Å². The number of nitrogens with one attached hydrogen (secondary N) is 2. The fourth-order valence-electron chi connectivity index (χ4n) is 3.86. The topological polar surface area (TPSA) is 58.6 Å². The second-order valence-electron chi connectivity index (χ2n) is 7.28. The highest BCUT2D eigenvalue weighted by atomic mass is 35.5. The zero-order valence-corrected chi connectivity index (χ0v) is 18.6. The number of piperazine rings is 1. The molecule has 2 aromatic heterocycles. The van der Waals surface area contributed by atoms with Gasteiger partial charge in [-0.25, -0.2) is 4.98 Å². The molecule has 2 N–H and O–H groups in total. The van der Waals surface area contributed by atoms with Gasteiger partial charge in [0.15, 0.2) is 0 Å². The Bertz CT molecular complexity index is 1080. The molecule has 0 radical (unpaired) electrons. The summed E-state index contributed by atoms with van der Waals surface area (Å²) in [6, 6.07) is 22.7. The molecule has 0 unspecified atom stereocenters. The molecule has 1 fully saturated rings. The first-order valence-corrected chi connectivity index (χ1v) is 10.0. The van der Waals surface area contributed by atoms with Gasteiger partial charge in [0, 0.05) is 5.39 Å². The van der Waals surface area contributed by atoms with E-state index in [-0.39, 0.29) is 24.8 Å². The first kappa shape index (κ1) is 22.9. The number of hydrogen-bond acceptors (Lipinski definition) is 5. The van der Waals surface area contributed by atoms with Gasteiger partial charge in [-0.15, -0.1) is 12.4 Å². The van der Waals surface area contributed by atoms with Crippen molar-refractivity contribution in [3.63, 3.8) is 0 Å². The highest BCUT2D eigenvalue weighted by Crippen LogP contribution is 2.24. The number of quaternary nitrogens is 1. The summed E-state index contributed by atoms with van der Waals surface area (Å²) in [7, 11) is 0. The molecule has 0 saturated carbocycles. The third-order valence-electron chi connectivity index (χ3n) is 5.43. The second kappa shape index (κ2) is 10.5. The van der Waals surface area contributed by atoms with Gasteiger partial charge in [0.25, 0.3) is 0 Å². The summed E-state index contributed by atoms with van der Waals surface area (Å²) in [6.07, 6.45) is 1.69. The number of nitrogens with zero attached hydrogens (tertiary/aromatic N) is 3. The van der Waals surface area contributed by atoms with E-state index in [2.05, 4.69) is 46.6 Å². The van der Waals surface area contributed by atoms with Crippen molar-refractivity contribution in [2.24, 2.45) is 0 Å². The van der Waals surface area contributed by atoms with Crippen molar-refractivity contribution in [3.05, 3.63) is 78.8 Å². The first-order chi connectivity index (χ1) is 14.4. The number of anilines is 2. The molecule has 5 rings (SSSR count). The van der Waals surface area contributed by atoms with Gasteiger partial charge in [0.2, 0.25) is 5.95 Å². The van der Waals surface area contributed by atoms with Crippen molar-refractivity contribution in [2.45, 2.75) is 6.54 Å². The molecular weight excluding hydrogens is 433 g/mol. The number of halogens is 2. The molecule has 3 heterocycles. The number of benzene rings is 2. The van der Waals surface area contributed by atoms with Crippen LogP contribution < -0.4 is 27.5 Å². The van der Waals surface area contributed by atoms with Gasteiger partial charge in [-0.3, -0.25) is 4.90 Å². The fourth-order valence-corrected chi connectivity index (χ4v) is 3.86. The van der Waals surface area contributed by atoms with Crippen molar-refractivity contribution in [2.75, 3.05) is 36.4 Å². The van der Waals surface area contributed by atoms with Crippen LogP contribution in [-0.4, -0.2) is 36.1 Å². The van der Waals surface area contributed by atoms with Crippen molar-refractivity contribution >= 4 is 40.8 Å². The molecule has 0 atom stereocenters. The maximum atomic E-state index is 5.45. The van der Waals surface area contributed by atoms with Crippen LogP contribution in [0.3, 0.4) is 0 Å². The molecule has 2 aromatic carbocycles. The number of rotatable bonds is 5. The van der Waals surface area contributed by atoms with Crippen LogP contribution in [0.2, 0.25) is 0 Å². The lowest BCUT2D eigenvalue weighted by molar-refractivity contribution is -0.833. The number of aromatic nitrogens is 2. The number of furan rings is 1. The SMILES string of the molecule is Cl.[Cl-].c1ccc([NH+]2CCN(c3nc(NCc4ccco4)c4ccccc4n3)CC2)cc1. The van der Waals surface area contributed by atoms with Crippen LogP contribution in [0.25, 0.3) is 10.9 Å². The molecule has 1 aliphatic heterocycles. The Morgan fingerprint density at radius 3 is 2.39 bits per heavy atom. The standard InChI is InChI=1S/C23H23N5O.2ClH/c1-2-7-18(8-3-1)27-12-14-28(15-13-27)23-25-21-11-5-4-10-20(21)22(26-23)24-17-19-9-6-16-29-19;;/h1-11,16H,12-15,17H2,(H,24,25,26);2*1H. The van der Waals surface area contributed by atoms with Crippen LogP contribution in [0.5, 0.6) is 0 Å². The Hall–Kier alpha value is -2.80. The van der Waals surface area contributed by atoms with Gasteiger partial charge in [-0.1, -0.05) is 30.3 Å². The van der Waals surface area contributed by atoms with E-state index < -0.39 is 0 Å². The Morgan fingerprint density at radius 1 is 0.903 bits per heavy atom. The number of fused-ring (bicyclic) bond motifs is 1. The maximum Gasteiger partial charge on any atom is 0.228 e. The molecule has 0 spiro atoms. The largest absolute Gasteiger partial charge is 1.00 e. The van der Waals surface area contributed by atoms with E-state index in [1.807, 2.05) is 30.3 Å². The molecule has 31 heavy (non-hydrogen) atoms. The van der Waals surface area contributed by atoms with Crippen molar-refractivity contribution < 1.29 is 21.7 Å². The molecule has 4 aromatic rings. The summed E-state index contributed by atoms with van der Waals surface area (Å²) in [4.78, 5) is 13.5. The third kappa shape index (κ3) is 5.10. The molecular formula is C23H25Cl2N5O. The summed E-state index contributed by atoms with van der Waals surface area (Å²) in [5, 5.41) is 4.45. The summed E-state index contributed by atoms with van der Waals surface area (Å²) in [5.74, 6) is 2.52. The lowest BCUT2D eigenvalue weighted by atomic mass is 10.2. The number of para-hydroxylation sites is 2. The van der Waals surface area contributed by atoms with Crippen LogP contribution >= 0.6 is 12.4 Å². The summed E-state index contributed by atoms with van der Waals surface area (Å²) in [6.45, 7) is 4.53. The molecule has 0 amide bonds. The molecule has 162 valence electrons. The van der Waals surface area contributed by atoms with Gasteiger partial charge < -0.3 is 27.0 Å². The highest BCUT2D eigenvalue weighted by Gasteiger charge is 2.24. The van der Waals surface area contributed by atoms with E-state index in [1.54, 1.807) is 6.26 Å². The van der Waals surface area contributed by atoms with E-state index in [1.165, 1.54) is 10.6 Å². The predicted octanol–water partition coefficient (Wildman–Crippen LogP) is 0.297. The van der Waals surface area contributed by atoms with Gasteiger partial charge in [-0.2, -0.15) is 4.98 Å². The minimum Gasteiger partial charge on any atom is -1.00 e. The van der Waals surface area contributed by atoms with E-state index in [4.69, 9.17) is 14.4 Å². The lowest BCUT2D eigenvalue weighted by Gasteiger charge is -2.32. The van der Waals surface area contributed by atoms with Crippen molar-refractivity contribution in [1.82, 2.24) is 9.97 Å². The van der Waals surface area contributed by atoms with Crippen LogP contribution in [0.15, 0.2) is 77.4 Å². The van der Waals surface area contributed by atoms with E-state index in [0.717, 1.165) is 54.6 Å². The fraction of sp³-hybridized carbons (Fsp3) is 0.217. The maximum absolute atomic E-state index is 5.45. The Morgan fingerprint density at radius 2 is 1.65 bits per heavy atom. The Balaban J connectivity index is 0.00000136. The van der Waals surface area contributed by atoms with Crippen LogP contribution in [0.4, 0.5) is 17.5 Å². The smallest absolute Gasteiger partial charge is 0.228 e. The number of hydrogen-bond donors (Lipinski definition) is 2. The third-order valence-corrected chi connectivity index (χ3v) is 5.43. The zero-order valence-electron chi connectivity index (χ0n) is 17.0. The van der Waals surface area contributed by atoms with Crippen LogP contribution in [0.1, 0.15) is 5.76 Å². The Kier molecular flexibility index (Phi) is 7.74. The first-order valence-electron chi connectivity index (χ1n) is 10.0. The molecule has 0 bridgehead atoms.